The number of benzene rings is 11. The minimum absolute atomic E-state index is 0.959. The van der Waals surface area contributed by atoms with E-state index in [0.717, 1.165) is 73.3 Å². The summed E-state index contributed by atoms with van der Waals surface area (Å²) in [6.07, 6.45) is 6.45. The summed E-state index contributed by atoms with van der Waals surface area (Å²) in [5.41, 5.74) is 20.1. The van der Waals surface area contributed by atoms with Crippen molar-refractivity contribution >= 4 is 67.2 Å². The van der Waals surface area contributed by atoms with E-state index in [2.05, 4.69) is 323 Å². The van der Waals surface area contributed by atoms with Crippen LogP contribution in [0.3, 0.4) is 0 Å². The van der Waals surface area contributed by atoms with Crippen molar-refractivity contribution in [3.05, 3.63) is 315 Å². The number of allylic oxidation sites excluding steroid dienone is 1. The Balaban J connectivity index is 0.874. The van der Waals surface area contributed by atoms with Gasteiger partial charge in [0.1, 0.15) is 0 Å². The van der Waals surface area contributed by atoms with Crippen LogP contribution in [0.25, 0.3) is 83.5 Å². The second-order valence-electron chi connectivity index (χ2n) is 19.1. The maximum absolute atomic E-state index is 4.41. The molecule has 0 spiro atoms. The molecule has 0 unspecified atom stereocenters. The summed E-state index contributed by atoms with van der Waals surface area (Å²) in [5, 5.41) is 3.59. The molecule has 76 heavy (non-hydrogen) atoms. The molecule has 0 amide bonds. The molecule has 0 bridgehead atoms. The molecule has 0 aliphatic carbocycles. The first-order valence-electron chi connectivity index (χ1n) is 25.9. The number of hydrogen-bond donors (Lipinski definition) is 0. The Hall–Kier alpha value is -10.2. The Morgan fingerprint density at radius 1 is 0.329 bits per heavy atom. The molecular formula is C72H52N4. The van der Waals surface area contributed by atoms with Crippen LogP contribution >= 0.6 is 0 Å². The molecule has 11 aromatic carbocycles. The van der Waals surface area contributed by atoms with Crippen molar-refractivity contribution in [1.82, 2.24) is 9.13 Å². The molecule has 0 aliphatic rings. The van der Waals surface area contributed by atoms with Gasteiger partial charge < -0.3 is 18.9 Å². The highest BCUT2D eigenvalue weighted by atomic mass is 15.2. The average Bonchev–Trinajstić information content (AvgIpc) is 4.10. The third kappa shape index (κ3) is 8.64. The van der Waals surface area contributed by atoms with Crippen LogP contribution in [0.2, 0.25) is 0 Å². The van der Waals surface area contributed by atoms with E-state index in [1.54, 1.807) is 0 Å². The van der Waals surface area contributed by atoms with Gasteiger partial charge in [-0.05, 0) is 149 Å². The van der Waals surface area contributed by atoms with Crippen molar-refractivity contribution in [2.24, 2.45) is 0 Å². The largest absolute Gasteiger partial charge is 0.316 e. The van der Waals surface area contributed by atoms with E-state index in [-0.39, 0.29) is 0 Å². The zero-order valence-electron chi connectivity index (χ0n) is 41.9. The molecule has 4 heteroatoms. The molecule has 13 aromatic rings. The van der Waals surface area contributed by atoms with Gasteiger partial charge in [0.25, 0.3) is 0 Å². The Labute approximate surface area is 443 Å². The van der Waals surface area contributed by atoms with Crippen LogP contribution in [0, 0.1) is 0 Å². The lowest BCUT2D eigenvalue weighted by molar-refractivity contribution is 1.12. The molecule has 0 atom stereocenters. The Kier molecular flexibility index (Phi) is 12.0. The monoisotopic (exact) mass is 972 g/mol. The van der Waals surface area contributed by atoms with Crippen molar-refractivity contribution in [1.29, 1.82) is 0 Å². The molecule has 0 saturated carbocycles. The second-order valence-corrected chi connectivity index (χ2v) is 19.1. The summed E-state index contributed by atoms with van der Waals surface area (Å²) >= 11 is 0. The molecule has 0 saturated heterocycles. The average molecular weight is 973 g/mol. The zero-order chi connectivity index (χ0) is 50.8. The highest BCUT2D eigenvalue weighted by molar-refractivity contribution is 6.10. The predicted octanol–water partition coefficient (Wildman–Crippen LogP) is 19.6. The quantitative estimate of drug-likeness (QED) is 0.107. The minimum Gasteiger partial charge on any atom is -0.316 e. The number of anilines is 5. The normalized spacial score (nSPS) is 11.6. The van der Waals surface area contributed by atoms with E-state index >= 15 is 0 Å². The Morgan fingerprint density at radius 2 is 0.724 bits per heavy atom. The summed E-state index contributed by atoms with van der Waals surface area (Å²) in [7, 11) is 0. The van der Waals surface area contributed by atoms with Gasteiger partial charge in [-0.1, -0.05) is 189 Å². The summed E-state index contributed by atoms with van der Waals surface area (Å²) in [5.74, 6) is 0. The van der Waals surface area contributed by atoms with E-state index < -0.39 is 0 Å². The third-order valence-electron chi connectivity index (χ3n) is 14.5. The molecule has 2 heterocycles. The topological polar surface area (TPSA) is 16.3 Å². The number of hydrogen-bond acceptors (Lipinski definition) is 2. The van der Waals surface area contributed by atoms with E-state index in [1.807, 2.05) is 6.08 Å². The molecular weight excluding hydrogens is 921 g/mol. The fraction of sp³-hybridized carbons (Fsp3) is 0. The van der Waals surface area contributed by atoms with Crippen LogP contribution in [-0.4, -0.2) is 9.13 Å². The number of aromatic nitrogens is 2. The van der Waals surface area contributed by atoms with Crippen molar-refractivity contribution in [3.8, 4) is 44.8 Å². The first-order valence-corrected chi connectivity index (χ1v) is 25.9. The van der Waals surface area contributed by atoms with Crippen LogP contribution in [0.4, 0.5) is 28.4 Å². The first-order chi connectivity index (χ1) is 37.6. The zero-order valence-corrected chi connectivity index (χ0v) is 41.9. The van der Waals surface area contributed by atoms with Gasteiger partial charge in [-0.2, -0.15) is 0 Å². The summed E-state index contributed by atoms with van der Waals surface area (Å²) in [6.45, 7) is 4.41. The van der Waals surface area contributed by atoms with Gasteiger partial charge in [0.15, 0.2) is 0 Å². The molecule has 0 N–H and O–H groups in total. The van der Waals surface area contributed by atoms with Crippen LogP contribution in [0.5, 0.6) is 0 Å². The van der Waals surface area contributed by atoms with Crippen molar-refractivity contribution in [2.45, 2.75) is 0 Å². The highest BCUT2D eigenvalue weighted by Gasteiger charge is 2.20. The fourth-order valence-electron chi connectivity index (χ4n) is 10.8. The van der Waals surface area contributed by atoms with Crippen molar-refractivity contribution < 1.29 is 0 Å². The summed E-state index contributed by atoms with van der Waals surface area (Å²) in [4.78, 5) is 4.68. The van der Waals surface area contributed by atoms with Gasteiger partial charge in [0.2, 0.25) is 0 Å². The van der Waals surface area contributed by atoms with Crippen LogP contribution in [0.15, 0.2) is 310 Å². The number of nitrogens with zero attached hydrogens (tertiary/aromatic N) is 4. The molecule has 2 aromatic heterocycles. The smallest absolute Gasteiger partial charge is 0.0542 e. The molecule has 360 valence electrons. The van der Waals surface area contributed by atoms with Gasteiger partial charge in [0, 0.05) is 73.4 Å². The van der Waals surface area contributed by atoms with E-state index in [4.69, 9.17) is 0 Å². The predicted molar refractivity (Wildman–Crippen MR) is 322 cm³/mol. The van der Waals surface area contributed by atoms with Crippen molar-refractivity contribution in [3.63, 3.8) is 0 Å². The van der Waals surface area contributed by atoms with Gasteiger partial charge in [-0.25, -0.2) is 0 Å². The first kappa shape index (κ1) is 45.7. The lowest BCUT2D eigenvalue weighted by Gasteiger charge is -2.27. The number of para-hydroxylation sites is 4. The second kappa shape index (κ2) is 20.0. The van der Waals surface area contributed by atoms with E-state index in [0.29, 0.717) is 0 Å². The SMILES string of the molecule is C=CC(=Cc1cn(-c2ccccc2)c2ccccc12)N(c1ccc(-c2ccccc2)cc1)c1ccc(-c2ccc(N(c3ccc(-c4ccccc4)cc3)c3ccc4c(c3)c3ccccc3n4-c3ccccc3)cc2)cc1. The third-order valence-corrected chi connectivity index (χ3v) is 14.5. The maximum atomic E-state index is 4.41. The van der Waals surface area contributed by atoms with Crippen molar-refractivity contribution in [2.75, 3.05) is 9.80 Å². The number of fused-ring (bicyclic) bond motifs is 4. The van der Waals surface area contributed by atoms with E-state index in [9.17, 15) is 0 Å². The number of rotatable bonds is 13. The lowest BCUT2D eigenvalue weighted by Crippen LogP contribution is -2.15. The van der Waals surface area contributed by atoms with E-state index in [1.165, 1.54) is 43.9 Å². The Morgan fingerprint density at radius 3 is 1.24 bits per heavy atom. The Bertz CT molecular complexity index is 4180. The maximum Gasteiger partial charge on any atom is 0.0542 e. The lowest BCUT2D eigenvalue weighted by atomic mass is 10.0. The minimum atomic E-state index is 0.959. The molecule has 0 radical (unpaired) electrons. The molecule has 13 rings (SSSR count). The van der Waals surface area contributed by atoms with Gasteiger partial charge in [-0.3, -0.25) is 0 Å². The fourth-order valence-corrected chi connectivity index (χ4v) is 10.8. The van der Waals surface area contributed by atoms with Gasteiger partial charge >= 0.3 is 0 Å². The van der Waals surface area contributed by atoms with Crippen LogP contribution in [-0.2, 0) is 0 Å². The highest BCUT2D eigenvalue weighted by Crippen LogP contribution is 2.42. The molecule has 0 aliphatic heterocycles. The van der Waals surface area contributed by atoms with Gasteiger partial charge in [0.05, 0.1) is 16.6 Å². The standard InChI is InChI=1S/C72H52N4/c1-2-59(49-58-51-73(60-23-11-5-12-24-60)70-29-17-15-27-67(58)70)74(62-39-31-54(32-40-62)52-19-7-3-8-20-52)63-41-35-56(36-42-63)57-37-45-65(46-38-57)75(64-43-33-55(34-44-64)53-21-9-4-10-22-53)66-47-48-72-69(50-66)68-28-16-18-30-71(68)76(72)61-25-13-6-14-26-61/h2-51H,1H2. The summed E-state index contributed by atoms with van der Waals surface area (Å²) < 4.78 is 4.64. The van der Waals surface area contributed by atoms with Crippen LogP contribution < -0.4 is 9.80 Å². The summed E-state index contributed by atoms with van der Waals surface area (Å²) in [6, 6.07) is 102. The van der Waals surface area contributed by atoms with Gasteiger partial charge in [-0.15, -0.1) is 0 Å². The molecule has 4 nitrogen and oxygen atoms in total. The molecule has 0 fully saturated rings. The van der Waals surface area contributed by atoms with Crippen LogP contribution in [0.1, 0.15) is 5.56 Å².